The maximum Gasteiger partial charge on any atom is 0.262 e. The number of aliphatic hydroxyl groups excluding tert-OH is 1. The van der Waals surface area contributed by atoms with Gasteiger partial charge in [0.25, 0.3) is 5.91 Å². The maximum atomic E-state index is 10.8. The van der Waals surface area contributed by atoms with Crippen LogP contribution in [0, 0.1) is 0 Å². The summed E-state index contributed by atoms with van der Waals surface area (Å²) in [5.74, 6) is -0.236. The number of hydrazine groups is 1. The number of nitrogens with one attached hydrogen (secondary N) is 1. The Kier molecular flexibility index (Phi) is 2.65. The van der Waals surface area contributed by atoms with Crippen LogP contribution in [-0.2, 0) is 4.79 Å². The fourth-order valence-electron chi connectivity index (χ4n) is 0.986. The summed E-state index contributed by atoms with van der Waals surface area (Å²) in [5.41, 5.74) is 2.89. The molecule has 0 unspecified atom stereocenters. The summed E-state index contributed by atoms with van der Waals surface area (Å²) < 4.78 is 0. The van der Waals surface area contributed by atoms with Crippen LogP contribution in [0.15, 0.2) is 0 Å². The minimum Gasteiger partial charge on any atom is -0.386 e. The van der Waals surface area contributed by atoms with Crippen molar-refractivity contribution in [1.29, 1.82) is 0 Å². The minimum absolute atomic E-state index is 0.236. The van der Waals surface area contributed by atoms with Crippen molar-refractivity contribution in [2.75, 3.05) is 19.7 Å². The van der Waals surface area contributed by atoms with Gasteiger partial charge in [0.05, 0.1) is 0 Å². The van der Waals surface area contributed by atoms with Crippen LogP contribution in [0.5, 0.6) is 0 Å². The second-order valence-corrected chi connectivity index (χ2v) is 2.32. The van der Waals surface area contributed by atoms with Gasteiger partial charge in [0.2, 0.25) is 0 Å². The second-order valence-electron chi connectivity index (χ2n) is 2.32. The van der Waals surface area contributed by atoms with E-state index in [0.717, 1.165) is 25.9 Å². The smallest absolute Gasteiger partial charge is 0.262 e. The van der Waals surface area contributed by atoms with E-state index in [4.69, 9.17) is 5.11 Å². The Bertz CT molecular complexity index is 121. The first kappa shape index (κ1) is 7.50. The zero-order chi connectivity index (χ0) is 7.40. The predicted octanol–water partition coefficient (Wildman–Crippen LogP) is -0.894. The standard InChI is InChI=1S/C6H12N2O2/c9-5-6(10)8-4-2-1-3-7-8/h7,9H,1-5H2. The van der Waals surface area contributed by atoms with Crippen LogP contribution in [0.2, 0.25) is 0 Å². The van der Waals surface area contributed by atoms with Gasteiger partial charge in [0.1, 0.15) is 6.61 Å². The molecule has 1 fully saturated rings. The fraction of sp³-hybridized carbons (Fsp3) is 0.833. The first-order chi connectivity index (χ1) is 4.84. The lowest BCUT2D eigenvalue weighted by Gasteiger charge is -2.26. The maximum absolute atomic E-state index is 10.8. The molecule has 4 nitrogen and oxygen atoms in total. The lowest BCUT2D eigenvalue weighted by atomic mass is 10.2. The summed E-state index contributed by atoms with van der Waals surface area (Å²) >= 11 is 0. The summed E-state index contributed by atoms with van der Waals surface area (Å²) in [4.78, 5) is 10.8. The topological polar surface area (TPSA) is 52.6 Å². The average Bonchev–Trinajstić information content (AvgIpc) is 2.05. The largest absolute Gasteiger partial charge is 0.386 e. The van der Waals surface area contributed by atoms with Gasteiger partial charge in [0, 0.05) is 13.1 Å². The minimum atomic E-state index is -0.396. The molecule has 1 aliphatic rings. The quantitative estimate of drug-likeness (QED) is 0.501. The summed E-state index contributed by atoms with van der Waals surface area (Å²) in [6, 6.07) is 0. The van der Waals surface area contributed by atoms with Crippen LogP contribution < -0.4 is 5.43 Å². The molecule has 0 aliphatic carbocycles. The van der Waals surface area contributed by atoms with E-state index in [1.54, 1.807) is 0 Å². The van der Waals surface area contributed by atoms with Gasteiger partial charge in [-0.15, -0.1) is 0 Å². The Morgan fingerprint density at radius 1 is 1.60 bits per heavy atom. The molecule has 4 heteroatoms. The highest BCUT2D eigenvalue weighted by Crippen LogP contribution is 1.98. The van der Waals surface area contributed by atoms with Gasteiger partial charge in [-0.1, -0.05) is 0 Å². The molecule has 1 aliphatic heterocycles. The van der Waals surface area contributed by atoms with Crippen molar-refractivity contribution in [3.63, 3.8) is 0 Å². The van der Waals surface area contributed by atoms with Crippen LogP contribution >= 0.6 is 0 Å². The fourth-order valence-corrected chi connectivity index (χ4v) is 0.986. The molecule has 0 atom stereocenters. The summed E-state index contributed by atoms with van der Waals surface area (Å²) in [6.45, 7) is 1.16. The summed E-state index contributed by atoms with van der Waals surface area (Å²) in [7, 11) is 0. The predicted molar refractivity (Wildman–Crippen MR) is 36.0 cm³/mol. The van der Waals surface area contributed by atoms with Crippen LogP contribution in [0.1, 0.15) is 12.8 Å². The van der Waals surface area contributed by atoms with E-state index in [-0.39, 0.29) is 5.91 Å². The van der Waals surface area contributed by atoms with E-state index in [9.17, 15) is 4.79 Å². The molecule has 0 radical (unpaired) electrons. The van der Waals surface area contributed by atoms with E-state index in [2.05, 4.69) is 5.43 Å². The van der Waals surface area contributed by atoms with Crippen LogP contribution in [0.4, 0.5) is 0 Å². The lowest BCUT2D eigenvalue weighted by Crippen LogP contribution is -2.48. The molecule has 0 aromatic heterocycles. The third kappa shape index (κ3) is 1.68. The highest BCUT2D eigenvalue weighted by Gasteiger charge is 2.13. The molecule has 0 saturated carbocycles. The van der Waals surface area contributed by atoms with Crippen molar-refractivity contribution >= 4 is 5.91 Å². The molecular weight excluding hydrogens is 132 g/mol. The van der Waals surface area contributed by atoms with Crippen molar-refractivity contribution in [1.82, 2.24) is 10.4 Å². The van der Waals surface area contributed by atoms with Crippen LogP contribution in [0.25, 0.3) is 0 Å². The van der Waals surface area contributed by atoms with Crippen LogP contribution in [0.3, 0.4) is 0 Å². The Labute approximate surface area is 59.8 Å². The Morgan fingerprint density at radius 2 is 2.40 bits per heavy atom. The Balaban J connectivity index is 2.31. The van der Waals surface area contributed by atoms with E-state index < -0.39 is 6.61 Å². The SMILES string of the molecule is O=C(CO)N1CCCCN1. The van der Waals surface area contributed by atoms with Gasteiger partial charge >= 0.3 is 0 Å². The molecule has 1 saturated heterocycles. The molecule has 1 rings (SSSR count). The number of rotatable bonds is 1. The van der Waals surface area contributed by atoms with E-state index >= 15 is 0 Å². The lowest BCUT2D eigenvalue weighted by molar-refractivity contribution is -0.138. The summed E-state index contributed by atoms with van der Waals surface area (Å²) in [6.07, 6.45) is 2.13. The van der Waals surface area contributed by atoms with Gasteiger partial charge < -0.3 is 5.11 Å². The Morgan fingerprint density at radius 3 is 2.90 bits per heavy atom. The monoisotopic (exact) mass is 144 g/mol. The highest BCUT2D eigenvalue weighted by molar-refractivity contribution is 5.76. The molecular formula is C6H12N2O2. The molecule has 10 heavy (non-hydrogen) atoms. The van der Waals surface area contributed by atoms with Gasteiger partial charge in [0.15, 0.2) is 0 Å². The van der Waals surface area contributed by atoms with E-state index in [0.29, 0.717) is 0 Å². The number of hydrogen-bond donors (Lipinski definition) is 2. The number of hydrogen-bond acceptors (Lipinski definition) is 3. The number of aliphatic hydroxyl groups is 1. The molecule has 58 valence electrons. The molecule has 2 N–H and O–H groups in total. The van der Waals surface area contributed by atoms with Crippen molar-refractivity contribution in [2.24, 2.45) is 0 Å². The highest BCUT2D eigenvalue weighted by atomic mass is 16.3. The molecule has 0 spiro atoms. The number of nitrogens with zero attached hydrogens (tertiary/aromatic N) is 1. The van der Waals surface area contributed by atoms with Gasteiger partial charge in [-0.05, 0) is 12.8 Å². The number of amides is 1. The van der Waals surface area contributed by atoms with Crippen molar-refractivity contribution in [3.05, 3.63) is 0 Å². The normalized spacial score (nSPS) is 19.1. The molecule has 0 aromatic rings. The van der Waals surface area contributed by atoms with E-state index in [1.165, 1.54) is 5.01 Å². The number of carbonyl (C=O) groups excluding carboxylic acids is 1. The Hall–Kier alpha value is -0.610. The third-order valence-electron chi connectivity index (χ3n) is 1.55. The third-order valence-corrected chi connectivity index (χ3v) is 1.55. The molecule has 1 heterocycles. The van der Waals surface area contributed by atoms with E-state index in [1.807, 2.05) is 0 Å². The zero-order valence-electron chi connectivity index (χ0n) is 5.84. The average molecular weight is 144 g/mol. The zero-order valence-corrected chi connectivity index (χ0v) is 5.84. The first-order valence-corrected chi connectivity index (χ1v) is 3.49. The van der Waals surface area contributed by atoms with Gasteiger partial charge in [-0.2, -0.15) is 0 Å². The first-order valence-electron chi connectivity index (χ1n) is 3.49. The second kappa shape index (κ2) is 3.53. The molecule has 0 aromatic carbocycles. The van der Waals surface area contributed by atoms with Crippen LogP contribution in [-0.4, -0.2) is 35.7 Å². The molecule has 1 amide bonds. The molecule has 0 bridgehead atoms. The van der Waals surface area contributed by atoms with Crippen molar-refractivity contribution in [2.45, 2.75) is 12.8 Å². The number of carbonyl (C=O) groups is 1. The van der Waals surface area contributed by atoms with Crippen molar-refractivity contribution < 1.29 is 9.90 Å². The van der Waals surface area contributed by atoms with Gasteiger partial charge in [-0.3, -0.25) is 9.80 Å². The van der Waals surface area contributed by atoms with Gasteiger partial charge in [-0.25, -0.2) is 5.43 Å². The van der Waals surface area contributed by atoms with Crippen molar-refractivity contribution in [3.8, 4) is 0 Å². The summed E-state index contributed by atoms with van der Waals surface area (Å²) in [5, 5.41) is 9.93.